The Bertz CT molecular complexity index is 579. The monoisotopic (exact) mass is 299 g/mol. The van der Waals surface area contributed by atoms with Crippen LogP contribution in [-0.2, 0) is 13.2 Å². The Hall–Kier alpha value is -2.00. The number of para-hydroxylation sites is 2. The summed E-state index contributed by atoms with van der Waals surface area (Å²) in [7, 11) is 1.66. The summed E-state index contributed by atoms with van der Waals surface area (Å²) < 4.78 is 11.2. The lowest BCUT2D eigenvalue weighted by Crippen LogP contribution is -2.22. The molecule has 0 aliphatic carbocycles. The zero-order chi connectivity index (χ0) is 15.8. The van der Waals surface area contributed by atoms with Crippen molar-refractivity contribution in [3.05, 3.63) is 59.7 Å². The van der Waals surface area contributed by atoms with Crippen molar-refractivity contribution in [1.82, 2.24) is 4.90 Å². The Morgan fingerprint density at radius 1 is 0.864 bits per heavy atom. The molecule has 0 fully saturated rings. The van der Waals surface area contributed by atoms with E-state index in [0.717, 1.165) is 31.1 Å². The second-order valence-electron chi connectivity index (χ2n) is 5.22. The van der Waals surface area contributed by atoms with E-state index in [9.17, 15) is 0 Å². The van der Waals surface area contributed by atoms with E-state index in [0.29, 0.717) is 6.61 Å². The average molecular weight is 299 g/mol. The van der Waals surface area contributed by atoms with E-state index >= 15 is 0 Å². The summed E-state index contributed by atoms with van der Waals surface area (Å²) in [5.74, 6) is 1.54. The smallest absolute Gasteiger partial charge is 0.161 e. The second kappa shape index (κ2) is 8.44. The van der Waals surface area contributed by atoms with Gasteiger partial charge in [-0.3, -0.25) is 4.90 Å². The first-order valence-corrected chi connectivity index (χ1v) is 7.82. The van der Waals surface area contributed by atoms with Crippen LogP contribution in [0.4, 0.5) is 0 Å². The van der Waals surface area contributed by atoms with E-state index in [1.165, 1.54) is 11.1 Å². The van der Waals surface area contributed by atoms with Crippen LogP contribution in [0.15, 0.2) is 48.5 Å². The maximum Gasteiger partial charge on any atom is 0.161 e. The number of hydrogen-bond acceptors (Lipinski definition) is 3. The van der Waals surface area contributed by atoms with Crippen LogP contribution in [0.1, 0.15) is 25.0 Å². The van der Waals surface area contributed by atoms with Crippen molar-refractivity contribution < 1.29 is 9.47 Å². The Balaban J connectivity index is 2.01. The predicted molar refractivity (Wildman–Crippen MR) is 90.4 cm³/mol. The van der Waals surface area contributed by atoms with Crippen LogP contribution < -0.4 is 9.47 Å². The van der Waals surface area contributed by atoms with E-state index in [2.05, 4.69) is 43.0 Å². The van der Waals surface area contributed by atoms with Crippen molar-refractivity contribution in [3.63, 3.8) is 0 Å². The standard InChI is InChI=1S/C19H25NO2/c1-4-20(5-2)14-16-9-8-10-17(13-16)15-22-19-12-7-6-11-18(19)21-3/h6-13H,4-5,14-15H2,1-3H3. The van der Waals surface area contributed by atoms with Crippen molar-refractivity contribution in [1.29, 1.82) is 0 Å². The van der Waals surface area contributed by atoms with Gasteiger partial charge in [0, 0.05) is 6.54 Å². The number of nitrogens with zero attached hydrogens (tertiary/aromatic N) is 1. The molecule has 0 atom stereocenters. The van der Waals surface area contributed by atoms with Gasteiger partial charge in [-0.05, 0) is 36.3 Å². The molecular formula is C19H25NO2. The summed E-state index contributed by atoms with van der Waals surface area (Å²) in [6.07, 6.45) is 0. The number of rotatable bonds is 8. The Morgan fingerprint density at radius 3 is 2.23 bits per heavy atom. The van der Waals surface area contributed by atoms with Gasteiger partial charge in [0.2, 0.25) is 0 Å². The molecule has 0 amide bonds. The maximum atomic E-state index is 5.89. The third-order valence-corrected chi connectivity index (χ3v) is 3.76. The van der Waals surface area contributed by atoms with E-state index in [1.54, 1.807) is 7.11 Å². The van der Waals surface area contributed by atoms with E-state index in [4.69, 9.17) is 9.47 Å². The summed E-state index contributed by atoms with van der Waals surface area (Å²) in [4.78, 5) is 2.40. The minimum atomic E-state index is 0.548. The average Bonchev–Trinajstić information content (AvgIpc) is 2.58. The first-order valence-electron chi connectivity index (χ1n) is 7.82. The van der Waals surface area contributed by atoms with Crippen LogP contribution in [0.2, 0.25) is 0 Å². The molecule has 2 aromatic rings. The highest BCUT2D eigenvalue weighted by Gasteiger charge is 2.05. The van der Waals surface area contributed by atoms with Crippen LogP contribution in [0.5, 0.6) is 11.5 Å². The fourth-order valence-corrected chi connectivity index (χ4v) is 2.42. The molecule has 0 aliphatic rings. The van der Waals surface area contributed by atoms with Crippen molar-refractivity contribution in [2.75, 3.05) is 20.2 Å². The molecule has 22 heavy (non-hydrogen) atoms. The molecule has 2 rings (SSSR count). The zero-order valence-corrected chi connectivity index (χ0v) is 13.7. The molecule has 0 aromatic heterocycles. The molecule has 0 spiro atoms. The molecule has 0 saturated carbocycles. The minimum Gasteiger partial charge on any atom is -0.493 e. The van der Waals surface area contributed by atoms with E-state index in [-0.39, 0.29) is 0 Å². The zero-order valence-electron chi connectivity index (χ0n) is 13.7. The molecule has 0 saturated heterocycles. The van der Waals surface area contributed by atoms with Gasteiger partial charge in [0.25, 0.3) is 0 Å². The van der Waals surface area contributed by atoms with Crippen LogP contribution in [0, 0.1) is 0 Å². The number of benzene rings is 2. The lowest BCUT2D eigenvalue weighted by molar-refractivity contribution is 0.282. The summed E-state index contributed by atoms with van der Waals surface area (Å²) >= 11 is 0. The molecule has 0 unspecified atom stereocenters. The van der Waals surface area contributed by atoms with Crippen LogP contribution in [0.25, 0.3) is 0 Å². The fraction of sp³-hybridized carbons (Fsp3) is 0.368. The van der Waals surface area contributed by atoms with Crippen LogP contribution in [0.3, 0.4) is 0 Å². The van der Waals surface area contributed by atoms with Crippen molar-refractivity contribution >= 4 is 0 Å². The molecule has 0 N–H and O–H groups in total. The second-order valence-corrected chi connectivity index (χ2v) is 5.22. The Kier molecular flexibility index (Phi) is 6.28. The SMILES string of the molecule is CCN(CC)Cc1cccc(COc2ccccc2OC)c1. The van der Waals surface area contributed by atoms with Gasteiger partial charge in [0.1, 0.15) is 6.61 Å². The molecule has 0 heterocycles. The van der Waals surface area contributed by atoms with Gasteiger partial charge in [-0.1, -0.05) is 50.2 Å². The molecule has 3 nitrogen and oxygen atoms in total. The molecule has 0 aliphatic heterocycles. The molecule has 0 bridgehead atoms. The lowest BCUT2D eigenvalue weighted by Gasteiger charge is -2.18. The number of ether oxygens (including phenoxy) is 2. The third-order valence-electron chi connectivity index (χ3n) is 3.76. The molecule has 0 radical (unpaired) electrons. The molecule has 2 aromatic carbocycles. The van der Waals surface area contributed by atoms with E-state index < -0.39 is 0 Å². The van der Waals surface area contributed by atoms with Crippen LogP contribution in [-0.4, -0.2) is 25.1 Å². The topological polar surface area (TPSA) is 21.7 Å². The quantitative estimate of drug-likeness (QED) is 0.732. The number of methoxy groups -OCH3 is 1. The van der Waals surface area contributed by atoms with Gasteiger partial charge >= 0.3 is 0 Å². The van der Waals surface area contributed by atoms with Crippen LogP contribution >= 0.6 is 0 Å². The lowest BCUT2D eigenvalue weighted by atomic mass is 10.1. The van der Waals surface area contributed by atoms with Crippen molar-refractivity contribution in [2.24, 2.45) is 0 Å². The highest BCUT2D eigenvalue weighted by molar-refractivity contribution is 5.39. The highest BCUT2D eigenvalue weighted by Crippen LogP contribution is 2.26. The predicted octanol–water partition coefficient (Wildman–Crippen LogP) is 4.12. The summed E-state index contributed by atoms with van der Waals surface area (Å²) in [5, 5.41) is 0. The first-order chi connectivity index (χ1) is 10.8. The first kappa shape index (κ1) is 16.4. The van der Waals surface area contributed by atoms with Gasteiger partial charge in [-0.25, -0.2) is 0 Å². The minimum absolute atomic E-state index is 0.548. The number of hydrogen-bond donors (Lipinski definition) is 0. The maximum absolute atomic E-state index is 5.89. The third kappa shape index (κ3) is 4.50. The Labute approximate surface area is 133 Å². The summed E-state index contributed by atoms with van der Waals surface area (Å²) in [6.45, 7) is 8.05. The normalized spacial score (nSPS) is 10.7. The molecular weight excluding hydrogens is 274 g/mol. The highest BCUT2D eigenvalue weighted by atomic mass is 16.5. The molecule has 118 valence electrons. The van der Waals surface area contributed by atoms with Gasteiger partial charge in [0.15, 0.2) is 11.5 Å². The molecule has 3 heteroatoms. The largest absolute Gasteiger partial charge is 0.493 e. The van der Waals surface area contributed by atoms with Gasteiger partial charge in [-0.2, -0.15) is 0 Å². The summed E-state index contributed by atoms with van der Waals surface area (Å²) in [5.41, 5.74) is 2.50. The van der Waals surface area contributed by atoms with Gasteiger partial charge in [0.05, 0.1) is 7.11 Å². The van der Waals surface area contributed by atoms with Crippen molar-refractivity contribution in [2.45, 2.75) is 27.0 Å². The van der Waals surface area contributed by atoms with Gasteiger partial charge < -0.3 is 9.47 Å². The Morgan fingerprint density at radius 2 is 1.55 bits per heavy atom. The fourth-order valence-electron chi connectivity index (χ4n) is 2.42. The summed E-state index contributed by atoms with van der Waals surface area (Å²) in [6, 6.07) is 16.3. The van der Waals surface area contributed by atoms with Crippen molar-refractivity contribution in [3.8, 4) is 11.5 Å². The van der Waals surface area contributed by atoms with Gasteiger partial charge in [-0.15, -0.1) is 0 Å². The van der Waals surface area contributed by atoms with E-state index in [1.807, 2.05) is 24.3 Å².